The Bertz CT molecular complexity index is 845. The lowest BCUT2D eigenvalue weighted by Crippen LogP contribution is -2.49. The molecule has 13 heteroatoms. The van der Waals surface area contributed by atoms with Gasteiger partial charge in [0.15, 0.2) is 0 Å². The minimum absolute atomic E-state index is 0.0644. The van der Waals surface area contributed by atoms with Crippen molar-refractivity contribution in [2.24, 2.45) is 0 Å². The molecule has 3 amide bonds. The molecule has 9 nitrogen and oxygen atoms in total. The smallest absolute Gasteiger partial charge is 0.345 e. The van der Waals surface area contributed by atoms with E-state index in [1.54, 1.807) is 5.32 Å². The Morgan fingerprint density at radius 3 is 2.45 bits per heavy atom. The van der Waals surface area contributed by atoms with Crippen LogP contribution in [0.3, 0.4) is 0 Å². The van der Waals surface area contributed by atoms with Gasteiger partial charge >= 0.3 is 12.2 Å². The molecule has 2 N–H and O–H groups in total. The Hall–Kier alpha value is -2.38. The summed E-state index contributed by atoms with van der Waals surface area (Å²) in [6.45, 7) is -1.26. The van der Waals surface area contributed by atoms with Gasteiger partial charge in [0.1, 0.15) is 12.6 Å². The standard InChI is InChI=1S/C16H21F3N4O5S/c1-22(28-2)29(26,27)12-7-5-11(6-8-12)21-15(25)23-9-3-4-13(23)14(24)20-10-16(17,18)19/h5-8,13H,3-4,9-10H2,1-2H3,(H,20,24)(H,21,25). The van der Waals surface area contributed by atoms with E-state index >= 15 is 0 Å². The summed E-state index contributed by atoms with van der Waals surface area (Å²) in [6, 6.07) is 3.55. The average Bonchev–Trinajstić information content (AvgIpc) is 3.15. The number of carbonyl (C=O) groups is 2. The van der Waals surface area contributed by atoms with Crippen LogP contribution in [0.25, 0.3) is 0 Å². The number of alkyl halides is 3. The summed E-state index contributed by atoms with van der Waals surface area (Å²) in [5.41, 5.74) is 0.260. The number of hydroxylamine groups is 1. The Balaban J connectivity index is 2.03. The molecule has 1 atom stereocenters. The topological polar surface area (TPSA) is 108 Å². The Kier molecular flexibility index (Phi) is 7.08. The number of hydrogen-bond donors (Lipinski definition) is 2. The highest BCUT2D eigenvalue weighted by molar-refractivity contribution is 7.89. The van der Waals surface area contributed by atoms with Crippen molar-refractivity contribution in [2.45, 2.75) is 30.0 Å². The van der Waals surface area contributed by atoms with Gasteiger partial charge in [-0.2, -0.15) is 13.2 Å². The molecule has 0 aliphatic carbocycles. The fraction of sp³-hybridized carbons (Fsp3) is 0.500. The van der Waals surface area contributed by atoms with Crippen LogP contribution >= 0.6 is 0 Å². The van der Waals surface area contributed by atoms with E-state index in [9.17, 15) is 31.2 Å². The molecule has 1 unspecified atom stereocenters. The molecule has 1 aliphatic heterocycles. The number of anilines is 1. The fourth-order valence-corrected chi connectivity index (χ4v) is 3.71. The third-order valence-electron chi connectivity index (χ3n) is 4.28. The molecule has 1 aliphatic rings. The summed E-state index contributed by atoms with van der Waals surface area (Å²) in [6.07, 6.45) is -3.82. The highest BCUT2D eigenvalue weighted by Crippen LogP contribution is 2.22. The number of amides is 3. The number of urea groups is 1. The largest absolute Gasteiger partial charge is 0.405 e. The molecule has 0 bridgehead atoms. The summed E-state index contributed by atoms with van der Waals surface area (Å²) in [7, 11) is -1.42. The molecule has 162 valence electrons. The average molecular weight is 438 g/mol. The number of likely N-dealkylation sites (tertiary alicyclic amines) is 1. The van der Waals surface area contributed by atoms with E-state index in [1.165, 1.54) is 38.4 Å². The molecule has 0 saturated carbocycles. The molecule has 0 radical (unpaired) electrons. The van der Waals surface area contributed by atoms with Crippen molar-refractivity contribution in [3.63, 3.8) is 0 Å². The van der Waals surface area contributed by atoms with Crippen LogP contribution in [0.5, 0.6) is 0 Å². The molecule has 2 rings (SSSR count). The Labute approximate surface area is 165 Å². The maximum atomic E-state index is 12.4. The molecule has 1 saturated heterocycles. The van der Waals surface area contributed by atoms with Crippen LogP contribution in [0, 0.1) is 0 Å². The van der Waals surface area contributed by atoms with Crippen molar-refractivity contribution < 1.29 is 36.0 Å². The minimum Gasteiger partial charge on any atom is -0.345 e. The minimum atomic E-state index is -4.54. The Morgan fingerprint density at radius 1 is 1.28 bits per heavy atom. The predicted molar refractivity (Wildman–Crippen MR) is 96.2 cm³/mol. The van der Waals surface area contributed by atoms with Crippen LogP contribution in [-0.4, -0.2) is 69.2 Å². The number of benzene rings is 1. The zero-order valence-corrected chi connectivity index (χ0v) is 16.5. The van der Waals surface area contributed by atoms with Crippen LogP contribution in [-0.2, 0) is 19.7 Å². The summed E-state index contributed by atoms with van der Waals surface area (Å²) in [4.78, 5) is 30.2. The van der Waals surface area contributed by atoms with Gasteiger partial charge in [0.2, 0.25) is 5.91 Å². The van der Waals surface area contributed by atoms with Crippen molar-refractivity contribution in [3.05, 3.63) is 24.3 Å². The first-order valence-corrected chi connectivity index (χ1v) is 9.95. The first kappa shape index (κ1) is 22.9. The highest BCUT2D eigenvalue weighted by atomic mass is 32.2. The summed E-state index contributed by atoms with van der Waals surface area (Å²) in [5, 5.41) is 4.29. The number of nitrogens with zero attached hydrogens (tertiary/aromatic N) is 2. The molecule has 1 aromatic rings. The summed E-state index contributed by atoms with van der Waals surface area (Å²) in [5.74, 6) is -0.876. The van der Waals surface area contributed by atoms with Crippen LogP contribution in [0.1, 0.15) is 12.8 Å². The quantitative estimate of drug-likeness (QED) is 0.655. The van der Waals surface area contributed by atoms with Gasteiger partial charge in [-0.25, -0.2) is 13.2 Å². The summed E-state index contributed by atoms with van der Waals surface area (Å²) < 4.78 is 61.8. The van der Waals surface area contributed by atoms with Crippen molar-refractivity contribution in [2.75, 3.05) is 32.6 Å². The maximum absolute atomic E-state index is 12.4. The van der Waals surface area contributed by atoms with Crippen LogP contribution in [0.15, 0.2) is 29.2 Å². The lowest BCUT2D eigenvalue weighted by Gasteiger charge is -2.24. The van der Waals surface area contributed by atoms with Crippen molar-refractivity contribution in [3.8, 4) is 0 Å². The SMILES string of the molecule is CON(C)S(=O)(=O)c1ccc(NC(=O)N2CCCC2C(=O)NCC(F)(F)F)cc1. The van der Waals surface area contributed by atoms with Gasteiger partial charge in [0.05, 0.1) is 12.0 Å². The summed E-state index contributed by atoms with van der Waals surface area (Å²) >= 11 is 0. The zero-order chi connectivity index (χ0) is 21.8. The van der Waals surface area contributed by atoms with E-state index in [0.29, 0.717) is 10.9 Å². The number of rotatable bonds is 6. The fourth-order valence-electron chi connectivity index (χ4n) is 2.74. The maximum Gasteiger partial charge on any atom is 0.405 e. The first-order chi connectivity index (χ1) is 13.5. The van der Waals surface area contributed by atoms with Crippen LogP contribution in [0.2, 0.25) is 0 Å². The van der Waals surface area contributed by atoms with E-state index < -0.39 is 40.7 Å². The normalized spacial score (nSPS) is 17.4. The molecule has 1 heterocycles. The van der Waals surface area contributed by atoms with Gasteiger partial charge in [0.25, 0.3) is 10.0 Å². The second kappa shape index (κ2) is 8.97. The molecule has 1 fully saturated rings. The van der Waals surface area contributed by atoms with Crippen LogP contribution < -0.4 is 10.6 Å². The number of hydrogen-bond acceptors (Lipinski definition) is 5. The van der Waals surface area contributed by atoms with Crippen molar-refractivity contribution in [1.29, 1.82) is 0 Å². The van der Waals surface area contributed by atoms with Gasteiger partial charge in [-0.3, -0.25) is 9.63 Å². The predicted octanol–water partition coefficient (Wildman–Crippen LogP) is 1.54. The van der Waals surface area contributed by atoms with E-state index in [4.69, 9.17) is 0 Å². The van der Waals surface area contributed by atoms with Gasteiger partial charge in [-0.15, -0.1) is 0 Å². The zero-order valence-electron chi connectivity index (χ0n) is 15.7. The molecular weight excluding hydrogens is 417 g/mol. The number of halogens is 3. The van der Waals surface area contributed by atoms with Gasteiger partial charge in [-0.05, 0) is 37.1 Å². The Morgan fingerprint density at radius 2 is 1.90 bits per heavy atom. The van der Waals surface area contributed by atoms with E-state index in [0.717, 1.165) is 4.90 Å². The van der Waals surface area contributed by atoms with E-state index in [2.05, 4.69) is 10.2 Å². The van der Waals surface area contributed by atoms with Crippen LogP contribution in [0.4, 0.5) is 23.7 Å². The highest BCUT2D eigenvalue weighted by Gasteiger charge is 2.36. The molecule has 0 spiro atoms. The lowest BCUT2D eigenvalue weighted by molar-refractivity contribution is -0.140. The third kappa shape index (κ3) is 5.81. The first-order valence-electron chi connectivity index (χ1n) is 8.51. The second-order valence-electron chi connectivity index (χ2n) is 6.24. The number of sulfonamides is 1. The number of carbonyl (C=O) groups excluding carboxylic acids is 2. The molecule has 0 aromatic heterocycles. The number of nitrogens with one attached hydrogen (secondary N) is 2. The van der Waals surface area contributed by atoms with Crippen molar-refractivity contribution >= 4 is 27.6 Å². The molecule has 1 aromatic carbocycles. The third-order valence-corrected chi connectivity index (χ3v) is 5.97. The van der Waals surface area contributed by atoms with Gasteiger partial charge in [-0.1, -0.05) is 4.47 Å². The van der Waals surface area contributed by atoms with Gasteiger partial charge in [0, 0.05) is 19.3 Å². The van der Waals surface area contributed by atoms with Crippen molar-refractivity contribution in [1.82, 2.24) is 14.7 Å². The second-order valence-corrected chi connectivity index (χ2v) is 8.17. The van der Waals surface area contributed by atoms with Gasteiger partial charge < -0.3 is 15.5 Å². The van der Waals surface area contributed by atoms with E-state index in [1.807, 2.05) is 0 Å². The molecule has 29 heavy (non-hydrogen) atoms. The monoisotopic (exact) mass is 438 g/mol. The lowest BCUT2D eigenvalue weighted by atomic mass is 10.2. The van der Waals surface area contributed by atoms with E-state index in [-0.39, 0.29) is 23.5 Å². The molecular formula is C16H21F3N4O5S.